The molecule has 0 bridgehead atoms. The third-order valence-corrected chi connectivity index (χ3v) is 4.46. The van der Waals surface area contributed by atoms with Crippen molar-refractivity contribution >= 4 is 15.9 Å². The standard InChI is InChI=1S/C13H14N2O4S/c16-12-9(5-8-3-1-2-4-11(8)12)6-10-7-14-13(15-10)20(17,18)19/h1-4,7,9,13-15H,5-6H2,(H,17,18,19). The van der Waals surface area contributed by atoms with Gasteiger partial charge >= 0.3 is 10.1 Å². The molecule has 7 heteroatoms. The Bertz CT molecular complexity index is 696. The summed E-state index contributed by atoms with van der Waals surface area (Å²) < 4.78 is 30.9. The number of nitrogens with one attached hydrogen (secondary N) is 2. The van der Waals surface area contributed by atoms with Crippen LogP contribution in [0.25, 0.3) is 0 Å². The fourth-order valence-electron chi connectivity index (χ4n) is 2.65. The summed E-state index contributed by atoms with van der Waals surface area (Å²) in [5.74, 6) is -0.105. The molecule has 0 radical (unpaired) electrons. The first kappa shape index (κ1) is 13.1. The van der Waals surface area contributed by atoms with Crippen LogP contribution in [0.5, 0.6) is 0 Å². The molecular formula is C13H14N2O4S. The van der Waals surface area contributed by atoms with Gasteiger partial charge in [0.1, 0.15) is 0 Å². The van der Waals surface area contributed by atoms with E-state index in [9.17, 15) is 13.2 Å². The maximum absolute atomic E-state index is 12.2. The Hall–Kier alpha value is -1.86. The topological polar surface area (TPSA) is 95.5 Å². The van der Waals surface area contributed by atoms with Gasteiger partial charge in [-0.25, -0.2) is 0 Å². The molecule has 2 aliphatic rings. The van der Waals surface area contributed by atoms with Crippen molar-refractivity contribution in [1.82, 2.24) is 10.6 Å². The summed E-state index contributed by atoms with van der Waals surface area (Å²) in [7, 11) is -4.20. The van der Waals surface area contributed by atoms with E-state index >= 15 is 0 Å². The maximum Gasteiger partial charge on any atom is 0.305 e. The van der Waals surface area contributed by atoms with Crippen LogP contribution in [0.2, 0.25) is 0 Å². The van der Waals surface area contributed by atoms with Gasteiger partial charge in [-0.2, -0.15) is 8.42 Å². The Morgan fingerprint density at radius 2 is 2.05 bits per heavy atom. The fraction of sp³-hybridized carbons (Fsp3) is 0.308. The molecule has 0 saturated carbocycles. The minimum atomic E-state index is -4.20. The number of fused-ring (bicyclic) bond motifs is 1. The van der Waals surface area contributed by atoms with Gasteiger partial charge in [0.2, 0.25) is 5.50 Å². The van der Waals surface area contributed by atoms with Crippen molar-refractivity contribution in [3.05, 3.63) is 47.3 Å². The van der Waals surface area contributed by atoms with Gasteiger partial charge in [0.25, 0.3) is 0 Å². The first-order valence-electron chi connectivity index (χ1n) is 6.25. The molecule has 1 aliphatic heterocycles. The Morgan fingerprint density at radius 1 is 1.30 bits per heavy atom. The Morgan fingerprint density at radius 3 is 2.70 bits per heavy atom. The smallest absolute Gasteiger partial charge is 0.305 e. The lowest BCUT2D eigenvalue weighted by molar-refractivity contribution is 0.0935. The van der Waals surface area contributed by atoms with Crippen LogP contribution in [0.4, 0.5) is 0 Å². The number of benzene rings is 1. The highest BCUT2D eigenvalue weighted by Gasteiger charge is 2.33. The molecule has 20 heavy (non-hydrogen) atoms. The van der Waals surface area contributed by atoms with Crippen molar-refractivity contribution in [2.45, 2.75) is 18.3 Å². The normalized spacial score (nSPS) is 24.9. The van der Waals surface area contributed by atoms with E-state index in [4.69, 9.17) is 4.55 Å². The van der Waals surface area contributed by atoms with Crippen LogP contribution in [-0.2, 0) is 16.5 Å². The zero-order chi connectivity index (χ0) is 14.3. The number of carbonyl (C=O) groups is 1. The van der Waals surface area contributed by atoms with Gasteiger partial charge in [-0.1, -0.05) is 24.3 Å². The van der Waals surface area contributed by atoms with Crippen molar-refractivity contribution < 1.29 is 17.8 Å². The molecule has 1 aliphatic carbocycles. The van der Waals surface area contributed by atoms with E-state index in [-0.39, 0.29) is 11.7 Å². The Balaban J connectivity index is 1.69. The lowest BCUT2D eigenvalue weighted by atomic mass is 9.99. The zero-order valence-corrected chi connectivity index (χ0v) is 11.4. The fourth-order valence-corrected chi connectivity index (χ4v) is 3.19. The number of hydrogen-bond acceptors (Lipinski definition) is 5. The predicted molar refractivity (Wildman–Crippen MR) is 72.3 cm³/mol. The van der Waals surface area contributed by atoms with Gasteiger partial charge < -0.3 is 10.6 Å². The molecule has 6 nitrogen and oxygen atoms in total. The number of Topliss-reactive ketones (excluding diaryl/α,β-unsaturated/α-hetero) is 1. The Labute approximate surface area is 116 Å². The van der Waals surface area contributed by atoms with Crippen LogP contribution in [0, 0.1) is 5.92 Å². The molecule has 2 atom stereocenters. The molecule has 1 aromatic rings. The largest absolute Gasteiger partial charge is 0.355 e. The quantitative estimate of drug-likeness (QED) is 0.708. The molecule has 2 unspecified atom stereocenters. The average Bonchev–Trinajstić information content (AvgIpc) is 2.97. The zero-order valence-electron chi connectivity index (χ0n) is 10.5. The van der Waals surface area contributed by atoms with Crippen molar-refractivity contribution in [2.24, 2.45) is 5.92 Å². The summed E-state index contributed by atoms with van der Waals surface area (Å²) >= 11 is 0. The molecule has 1 aromatic carbocycles. The second-order valence-electron chi connectivity index (χ2n) is 5.00. The van der Waals surface area contributed by atoms with E-state index in [1.807, 2.05) is 24.3 Å². The van der Waals surface area contributed by atoms with Crippen LogP contribution in [0.3, 0.4) is 0 Å². The van der Waals surface area contributed by atoms with E-state index in [2.05, 4.69) is 10.6 Å². The van der Waals surface area contributed by atoms with Crippen LogP contribution in [0.15, 0.2) is 36.2 Å². The van der Waals surface area contributed by atoms with Gasteiger partial charge in [0.15, 0.2) is 5.78 Å². The summed E-state index contributed by atoms with van der Waals surface area (Å²) in [4.78, 5) is 12.2. The average molecular weight is 294 g/mol. The highest BCUT2D eigenvalue weighted by molar-refractivity contribution is 7.86. The van der Waals surface area contributed by atoms with E-state index in [1.54, 1.807) is 0 Å². The number of allylic oxidation sites excluding steroid dienone is 1. The van der Waals surface area contributed by atoms with E-state index in [0.717, 1.165) is 11.1 Å². The molecule has 1 heterocycles. The number of carbonyl (C=O) groups excluding carboxylic acids is 1. The highest BCUT2D eigenvalue weighted by atomic mass is 32.2. The molecule has 106 valence electrons. The molecule has 0 spiro atoms. The Kier molecular flexibility index (Phi) is 3.02. The summed E-state index contributed by atoms with van der Waals surface area (Å²) in [6, 6.07) is 7.48. The van der Waals surface area contributed by atoms with Crippen LogP contribution in [0.1, 0.15) is 22.3 Å². The molecule has 0 aromatic heterocycles. The number of hydrogen-bond donors (Lipinski definition) is 3. The van der Waals surface area contributed by atoms with E-state index in [0.29, 0.717) is 18.5 Å². The monoisotopic (exact) mass is 294 g/mol. The summed E-state index contributed by atoms with van der Waals surface area (Å²) in [5, 5.41) is 5.20. The molecule has 0 saturated heterocycles. The second kappa shape index (κ2) is 4.60. The van der Waals surface area contributed by atoms with E-state index < -0.39 is 15.6 Å². The van der Waals surface area contributed by atoms with Crippen LogP contribution >= 0.6 is 0 Å². The molecule has 3 rings (SSSR count). The van der Waals surface area contributed by atoms with Crippen molar-refractivity contribution in [2.75, 3.05) is 0 Å². The van der Waals surface area contributed by atoms with Crippen LogP contribution < -0.4 is 10.6 Å². The molecule has 0 amide bonds. The minimum Gasteiger partial charge on any atom is -0.355 e. The SMILES string of the molecule is O=C1c2ccccc2CC1CC1=CNC(S(=O)(=O)O)N1. The third-order valence-electron chi connectivity index (χ3n) is 3.61. The highest BCUT2D eigenvalue weighted by Crippen LogP contribution is 2.30. The summed E-state index contributed by atoms with van der Waals surface area (Å²) in [6.45, 7) is 0. The third kappa shape index (κ3) is 2.30. The van der Waals surface area contributed by atoms with Gasteiger partial charge in [0.05, 0.1) is 0 Å². The number of rotatable bonds is 3. The summed E-state index contributed by atoms with van der Waals surface area (Å²) in [5.41, 5.74) is 1.16. The van der Waals surface area contributed by atoms with Crippen molar-refractivity contribution in [3.8, 4) is 0 Å². The van der Waals surface area contributed by atoms with E-state index in [1.165, 1.54) is 6.20 Å². The molecule has 0 fully saturated rings. The van der Waals surface area contributed by atoms with Gasteiger partial charge in [-0.05, 0) is 18.4 Å². The second-order valence-corrected chi connectivity index (χ2v) is 6.50. The maximum atomic E-state index is 12.2. The molecular weight excluding hydrogens is 280 g/mol. The van der Waals surface area contributed by atoms with Crippen LogP contribution in [-0.4, -0.2) is 24.3 Å². The lowest BCUT2D eigenvalue weighted by Crippen LogP contribution is -2.39. The van der Waals surface area contributed by atoms with Gasteiger partial charge in [0, 0.05) is 23.4 Å². The van der Waals surface area contributed by atoms with Gasteiger partial charge in [-0.3, -0.25) is 9.35 Å². The summed E-state index contributed by atoms with van der Waals surface area (Å²) in [6.07, 6.45) is 2.58. The minimum absolute atomic E-state index is 0.0820. The lowest BCUT2D eigenvalue weighted by Gasteiger charge is -2.12. The first-order chi connectivity index (χ1) is 9.45. The number of ketones is 1. The van der Waals surface area contributed by atoms with Crippen molar-refractivity contribution in [1.29, 1.82) is 0 Å². The molecule has 3 N–H and O–H groups in total. The predicted octanol–water partition coefficient (Wildman–Crippen LogP) is 0.637. The van der Waals surface area contributed by atoms with Crippen molar-refractivity contribution in [3.63, 3.8) is 0 Å². The first-order valence-corrected chi connectivity index (χ1v) is 7.75. The van der Waals surface area contributed by atoms with Gasteiger partial charge in [-0.15, -0.1) is 0 Å².